The number of aliphatic carboxylic acids is 1. The van der Waals surface area contributed by atoms with Gasteiger partial charge in [0.1, 0.15) is 19.0 Å². The van der Waals surface area contributed by atoms with Crippen molar-refractivity contribution in [3.8, 4) is 0 Å². The van der Waals surface area contributed by atoms with Gasteiger partial charge in [-0.3, -0.25) is 9.59 Å². The minimum Gasteiger partial charge on any atom is -0.481 e. The predicted octanol–water partition coefficient (Wildman–Crippen LogP) is 5.61. The van der Waals surface area contributed by atoms with E-state index in [9.17, 15) is 19.2 Å². The first kappa shape index (κ1) is 32.1. The fourth-order valence-corrected chi connectivity index (χ4v) is 5.35. The number of hydrogen-bond acceptors (Lipinski definition) is 6. The van der Waals surface area contributed by atoms with Crippen molar-refractivity contribution in [3.05, 3.63) is 71.8 Å². The van der Waals surface area contributed by atoms with Crippen LogP contribution < -0.4 is 0 Å². The number of amides is 2. The molecule has 0 aromatic heterocycles. The Hall–Kier alpha value is -3.40. The summed E-state index contributed by atoms with van der Waals surface area (Å²) in [4.78, 5) is 50.2. The molecule has 2 saturated heterocycles. The van der Waals surface area contributed by atoms with Gasteiger partial charge >= 0.3 is 18.2 Å². The zero-order valence-electron chi connectivity index (χ0n) is 23.6. The molecule has 1 N–H and O–H groups in total. The maximum Gasteiger partial charge on any atom is 0.410 e. The van der Waals surface area contributed by atoms with Crippen LogP contribution in [0.1, 0.15) is 37.8 Å². The van der Waals surface area contributed by atoms with Gasteiger partial charge in [0.05, 0.1) is 11.2 Å². The average Bonchev–Trinajstić information content (AvgIpc) is 3.00. The molecule has 0 bridgehead atoms. The summed E-state index contributed by atoms with van der Waals surface area (Å²) in [5.74, 6) is -0.893. The van der Waals surface area contributed by atoms with E-state index in [1.54, 1.807) is 4.90 Å². The normalized spacial score (nSPS) is 22.1. The van der Waals surface area contributed by atoms with Gasteiger partial charge in [-0.15, -0.1) is 0 Å². The Morgan fingerprint density at radius 3 is 1.59 bits per heavy atom. The molecule has 4 atom stereocenters. The van der Waals surface area contributed by atoms with Crippen molar-refractivity contribution in [2.45, 2.75) is 39.9 Å². The molecule has 41 heavy (non-hydrogen) atoms. The molecule has 4 unspecified atom stereocenters. The quantitative estimate of drug-likeness (QED) is 0.395. The fraction of sp³-hybridized carbons (Fsp3) is 0.484. The number of alkyl halides is 1. The van der Waals surface area contributed by atoms with E-state index in [-0.39, 0.29) is 43.5 Å². The zero-order valence-corrected chi connectivity index (χ0v) is 25.2. The van der Waals surface area contributed by atoms with Gasteiger partial charge in [-0.05, 0) is 35.8 Å². The Balaban J connectivity index is 0.000000226. The van der Waals surface area contributed by atoms with Crippen molar-refractivity contribution in [1.29, 1.82) is 0 Å². The molecule has 9 nitrogen and oxygen atoms in total. The second-order valence-corrected chi connectivity index (χ2v) is 11.2. The van der Waals surface area contributed by atoms with Gasteiger partial charge in [0.25, 0.3) is 0 Å². The lowest BCUT2D eigenvalue weighted by Crippen LogP contribution is -2.46. The van der Waals surface area contributed by atoms with Crippen molar-refractivity contribution >= 4 is 39.9 Å². The lowest BCUT2D eigenvalue weighted by molar-refractivity contribution is -0.145. The van der Waals surface area contributed by atoms with Crippen LogP contribution in [-0.2, 0) is 32.3 Å². The van der Waals surface area contributed by atoms with Crippen LogP contribution in [0.15, 0.2) is 60.7 Å². The molecule has 0 spiro atoms. The molecule has 2 heterocycles. The third kappa shape index (κ3) is 9.88. The molecule has 2 aliphatic heterocycles. The van der Waals surface area contributed by atoms with Crippen LogP contribution in [0.3, 0.4) is 0 Å². The number of ketones is 1. The van der Waals surface area contributed by atoms with E-state index in [1.165, 1.54) is 4.90 Å². The monoisotopic (exact) mass is 630 g/mol. The number of benzene rings is 2. The minimum absolute atomic E-state index is 0.0886. The maximum atomic E-state index is 12.1. The first-order valence-corrected chi connectivity index (χ1v) is 15.0. The molecule has 2 aromatic carbocycles. The number of carbonyl (C=O) groups excluding carboxylic acids is 3. The number of carboxylic acid groups (broad SMARTS) is 1. The predicted molar refractivity (Wildman–Crippen MR) is 157 cm³/mol. The Morgan fingerprint density at radius 2 is 1.17 bits per heavy atom. The van der Waals surface area contributed by atoms with E-state index in [0.717, 1.165) is 17.5 Å². The number of piperidine rings is 2. The first-order valence-electron chi connectivity index (χ1n) is 13.9. The third-order valence-corrected chi connectivity index (χ3v) is 8.26. The van der Waals surface area contributed by atoms with Crippen molar-refractivity contribution < 1.29 is 33.8 Å². The summed E-state index contributed by atoms with van der Waals surface area (Å²) in [5.41, 5.74) is 1.88. The number of nitrogens with zero attached hydrogens (tertiary/aromatic N) is 2. The second-order valence-electron chi connectivity index (χ2n) is 10.7. The van der Waals surface area contributed by atoms with Crippen LogP contribution in [0.4, 0.5) is 9.59 Å². The lowest BCUT2D eigenvalue weighted by Gasteiger charge is -2.35. The van der Waals surface area contributed by atoms with Crippen LogP contribution in [0, 0.1) is 23.7 Å². The fourth-order valence-electron chi connectivity index (χ4n) is 4.93. The van der Waals surface area contributed by atoms with Crippen molar-refractivity contribution in [1.82, 2.24) is 9.80 Å². The lowest BCUT2D eigenvalue weighted by atomic mass is 9.85. The number of carbonyl (C=O) groups is 4. The standard InChI is InChI=1S/C16H20BrNO3.C15H19NO4/c1-12-7-8-18(10-14(12)15(19)9-17)16(20)21-11-13-5-3-2-4-6-13;1-11-7-8-16(9-13(11)14(17)18)15(19)20-10-12-5-3-2-4-6-12/h2-6,12,14H,7-11H2,1H3;2-6,11,13H,7-10H2,1H3,(H,17,18). The number of carboxylic acids is 1. The highest BCUT2D eigenvalue weighted by atomic mass is 79.9. The summed E-state index contributed by atoms with van der Waals surface area (Å²) in [7, 11) is 0. The molecular formula is C31H39BrN2O7. The topological polar surface area (TPSA) is 113 Å². The summed E-state index contributed by atoms with van der Waals surface area (Å²) in [6, 6.07) is 19.0. The summed E-state index contributed by atoms with van der Waals surface area (Å²) in [6.45, 7) is 6.35. The molecule has 2 amide bonds. The van der Waals surface area contributed by atoms with E-state index in [2.05, 4.69) is 22.9 Å². The third-order valence-electron chi connectivity index (χ3n) is 7.71. The van der Waals surface area contributed by atoms with Gasteiger partial charge in [-0.1, -0.05) is 90.4 Å². The van der Waals surface area contributed by atoms with E-state index in [0.29, 0.717) is 37.3 Å². The molecule has 0 saturated carbocycles. The molecule has 2 aliphatic rings. The van der Waals surface area contributed by atoms with E-state index < -0.39 is 18.0 Å². The van der Waals surface area contributed by atoms with Gasteiger partial charge in [0, 0.05) is 32.1 Å². The Morgan fingerprint density at radius 1 is 0.756 bits per heavy atom. The van der Waals surface area contributed by atoms with Gasteiger partial charge < -0.3 is 24.4 Å². The molecule has 2 fully saturated rings. The molecule has 4 rings (SSSR count). The SMILES string of the molecule is CC1CCN(C(=O)OCc2ccccc2)CC1C(=O)CBr.CC1CCN(C(=O)OCc2ccccc2)CC1C(=O)O. The van der Waals surface area contributed by atoms with Crippen LogP contribution in [0.2, 0.25) is 0 Å². The highest BCUT2D eigenvalue weighted by Gasteiger charge is 2.35. The Kier molecular flexibility index (Phi) is 12.6. The maximum absolute atomic E-state index is 12.1. The molecule has 222 valence electrons. The number of hydrogen-bond donors (Lipinski definition) is 1. The van der Waals surface area contributed by atoms with Crippen LogP contribution >= 0.6 is 15.9 Å². The number of halogens is 1. The minimum atomic E-state index is -0.849. The summed E-state index contributed by atoms with van der Waals surface area (Å²) < 4.78 is 10.6. The van der Waals surface area contributed by atoms with E-state index in [1.807, 2.05) is 67.6 Å². The van der Waals surface area contributed by atoms with Gasteiger partial charge in [0.2, 0.25) is 0 Å². The number of likely N-dealkylation sites (tertiary alicyclic amines) is 2. The molecule has 10 heteroatoms. The molecule has 0 radical (unpaired) electrons. The molecule has 2 aromatic rings. The molecular weight excluding hydrogens is 592 g/mol. The van der Waals surface area contributed by atoms with Gasteiger partial charge in [-0.25, -0.2) is 9.59 Å². The molecule has 0 aliphatic carbocycles. The van der Waals surface area contributed by atoms with Crippen molar-refractivity contribution in [3.63, 3.8) is 0 Å². The number of Topliss-reactive ketones (excluding diaryl/α,β-unsaturated/α-hetero) is 1. The largest absolute Gasteiger partial charge is 0.481 e. The highest BCUT2D eigenvalue weighted by molar-refractivity contribution is 9.09. The van der Waals surface area contributed by atoms with E-state index in [4.69, 9.17) is 14.6 Å². The summed E-state index contributed by atoms with van der Waals surface area (Å²) >= 11 is 3.21. The zero-order chi connectivity index (χ0) is 29.8. The van der Waals surface area contributed by atoms with Gasteiger partial charge in [0.15, 0.2) is 0 Å². The number of rotatable bonds is 7. The smallest absolute Gasteiger partial charge is 0.410 e. The average molecular weight is 632 g/mol. The summed E-state index contributed by atoms with van der Waals surface area (Å²) in [5, 5.41) is 9.48. The second kappa shape index (κ2) is 16.1. The number of ether oxygens (including phenoxy) is 2. The van der Waals surface area contributed by atoms with Crippen LogP contribution in [-0.4, -0.2) is 70.4 Å². The summed E-state index contributed by atoms with van der Waals surface area (Å²) in [6.07, 6.45) is 0.756. The van der Waals surface area contributed by atoms with Crippen molar-refractivity contribution in [2.75, 3.05) is 31.5 Å². The van der Waals surface area contributed by atoms with Crippen molar-refractivity contribution in [2.24, 2.45) is 23.7 Å². The Labute approximate surface area is 249 Å². The highest BCUT2D eigenvalue weighted by Crippen LogP contribution is 2.26. The van der Waals surface area contributed by atoms with Crippen LogP contribution in [0.25, 0.3) is 0 Å². The van der Waals surface area contributed by atoms with E-state index >= 15 is 0 Å². The van der Waals surface area contributed by atoms with Gasteiger partial charge in [-0.2, -0.15) is 0 Å². The first-order chi connectivity index (χ1) is 19.7. The Bertz CT molecular complexity index is 1150. The van der Waals surface area contributed by atoms with Crippen LogP contribution in [0.5, 0.6) is 0 Å².